The van der Waals surface area contributed by atoms with E-state index in [4.69, 9.17) is 11.2 Å². The highest BCUT2D eigenvalue weighted by molar-refractivity contribution is 9.10. The van der Waals surface area contributed by atoms with Crippen molar-refractivity contribution in [3.8, 4) is 18.1 Å². The molecule has 18 heavy (non-hydrogen) atoms. The molecule has 0 spiro atoms. The van der Waals surface area contributed by atoms with Crippen LogP contribution >= 0.6 is 15.9 Å². The lowest BCUT2D eigenvalue weighted by Crippen LogP contribution is -2.15. The van der Waals surface area contributed by atoms with Gasteiger partial charge in [0.1, 0.15) is 12.4 Å². The molecule has 1 aromatic rings. The number of halogens is 1. The molecule has 2 nitrogen and oxygen atoms in total. The maximum Gasteiger partial charge on any atom is 0.148 e. The van der Waals surface area contributed by atoms with Crippen molar-refractivity contribution in [2.75, 3.05) is 13.2 Å². The highest BCUT2D eigenvalue weighted by Gasteiger charge is 2.04. The van der Waals surface area contributed by atoms with Gasteiger partial charge in [-0.2, -0.15) is 0 Å². The summed E-state index contributed by atoms with van der Waals surface area (Å²) in [6.07, 6.45) is 8.94. The van der Waals surface area contributed by atoms with Gasteiger partial charge in [0.25, 0.3) is 0 Å². The van der Waals surface area contributed by atoms with Crippen LogP contribution in [0.4, 0.5) is 0 Å². The van der Waals surface area contributed by atoms with Gasteiger partial charge in [0.2, 0.25) is 0 Å². The van der Waals surface area contributed by atoms with Crippen molar-refractivity contribution >= 4 is 15.9 Å². The van der Waals surface area contributed by atoms with Crippen LogP contribution in [-0.2, 0) is 6.54 Å². The fourth-order valence-corrected chi connectivity index (χ4v) is 2.08. The summed E-state index contributed by atoms with van der Waals surface area (Å²) in [6, 6.07) is 5.98. The standard InChI is InChI=1S/C15H20BrNO/c1-3-5-6-9-17-12-13-11-14(16)7-8-15(13)18-10-4-2/h2,7-8,11,17H,3,5-6,9-10,12H2,1H3. The molecule has 0 atom stereocenters. The highest BCUT2D eigenvalue weighted by Crippen LogP contribution is 2.23. The summed E-state index contributed by atoms with van der Waals surface area (Å²) in [7, 11) is 0. The van der Waals surface area contributed by atoms with Crippen molar-refractivity contribution in [1.29, 1.82) is 0 Å². The maximum atomic E-state index is 5.52. The van der Waals surface area contributed by atoms with Gasteiger partial charge in [-0.3, -0.25) is 0 Å². The van der Waals surface area contributed by atoms with Gasteiger partial charge in [-0.1, -0.05) is 41.6 Å². The molecule has 0 aromatic heterocycles. The van der Waals surface area contributed by atoms with Gasteiger partial charge in [-0.25, -0.2) is 0 Å². The van der Waals surface area contributed by atoms with Gasteiger partial charge in [0, 0.05) is 16.6 Å². The predicted molar refractivity (Wildman–Crippen MR) is 79.7 cm³/mol. The third-order valence-electron chi connectivity index (χ3n) is 2.61. The fraction of sp³-hybridized carbons (Fsp3) is 0.467. The van der Waals surface area contributed by atoms with Crippen LogP contribution in [0.1, 0.15) is 31.7 Å². The van der Waals surface area contributed by atoms with Crippen LogP contribution in [0.5, 0.6) is 5.75 Å². The van der Waals surface area contributed by atoms with Crippen molar-refractivity contribution in [3.05, 3.63) is 28.2 Å². The minimum Gasteiger partial charge on any atom is -0.481 e. The number of terminal acetylenes is 1. The first-order valence-corrected chi connectivity index (χ1v) is 7.12. The molecule has 0 aliphatic rings. The van der Waals surface area contributed by atoms with E-state index in [2.05, 4.69) is 40.2 Å². The lowest BCUT2D eigenvalue weighted by molar-refractivity contribution is 0.364. The lowest BCUT2D eigenvalue weighted by atomic mass is 10.2. The summed E-state index contributed by atoms with van der Waals surface area (Å²) in [4.78, 5) is 0. The average Bonchev–Trinajstić information content (AvgIpc) is 2.37. The number of benzene rings is 1. The lowest BCUT2D eigenvalue weighted by Gasteiger charge is -2.11. The van der Waals surface area contributed by atoms with Gasteiger partial charge in [-0.05, 0) is 31.2 Å². The Kier molecular flexibility index (Phi) is 7.55. The zero-order valence-electron chi connectivity index (χ0n) is 10.8. The third-order valence-corrected chi connectivity index (χ3v) is 3.10. The molecular formula is C15H20BrNO. The van der Waals surface area contributed by atoms with E-state index in [0.717, 1.165) is 28.9 Å². The number of hydrogen-bond acceptors (Lipinski definition) is 2. The predicted octanol–water partition coefficient (Wildman–Crippen LogP) is 3.74. The largest absolute Gasteiger partial charge is 0.481 e. The van der Waals surface area contributed by atoms with Crippen LogP contribution in [0.2, 0.25) is 0 Å². The third kappa shape index (κ3) is 5.57. The minimum absolute atomic E-state index is 0.310. The molecule has 1 rings (SSSR count). The Morgan fingerprint density at radius 3 is 2.94 bits per heavy atom. The minimum atomic E-state index is 0.310. The zero-order chi connectivity index (χ0) is 13.2. The summed E-state index contributed by atoms with van der Waals surface area (Å²) in [5, 5.41) is 3.43. The van der Waals surface area contributed by atoms with E-state index in [1.165, 1.54) is 19.3 Å². The van der Waals surface area contributed by atoms with E-state index in [1.54, 1.807) is 0 Å². The van der Waals surface area contributed by atoms with Crippen molar-refractivity contribution in [2.45, 2.75) is 32.7 Å². The molecule has 0 unspecified atom stereocenters. The average molecular weight is 310 g/mol. The van der Waals surface area contributed by atoms with Gasteiger partial charge in [0.15, 0.2) is 0 Å². The van der Waals surface area contributed by atoms with E-state index < -0.39 is 0 Å². The Morgan fingerprint density at radius 1 is 1.39 bits per heavy atom. The Morgan fingerprint density at radius 2 is 2.22 bits per heavy atom. The van der Waals surface area contributed by atoms with E-state index in [0.29, 0.717) is 6.61 Å². The summed E-state index contributed by atoms with van der Waals surface area (Å²) in [6.45, 7) is 4.36. The van der Waals surface area contributed by atoms with Crippen molar-refractivity contribution in [1.82, 2.24) is 5.32 Å². The molecule has 0 aliphatic carbocycles. The first-order chi connectivity index (χ1) is 8.77. The number of ether oxygens (including phenoxy) is 1. The van der Waals surface area contributed by atoms with Crippen molar-refractivity contribution in [3.63, 3.8) is 0 Å². The Bertz CT molecular complexity index is 398. The Hall–Kier alpha value is -0.980. The van der Waals surface area contributed by atoms with Crippen LogP contribution in [0.3, 0.4) is 0 Å². The van der Waals surface area contributed by atoms with Gasteiger partial charge < -0.3 is 10.1 Å². The molecule has 98 valence electrons. The van der Waals surface area contributed by atoms with Crippen molar-refractivity contribution < 1.29 is 4.74 Å². The first kappa shape index (κ1) is 15.1. The van der Waals surface area contributed by atoms with Crippen LogP contribution < -0.4 is 10.1 Å². The van der Waals surface area contributed by atoms with E-state index in [9.17, 15) is 0 Å². The normalized spacial score (nSPS) is 10.1. The smallest absolute Gasteiger partial charge is 0.148 e. The molecule has 0 saturated carbocycles. The molecule has 1 aromatic carbocycles. The molecule has 0 bridgehead atoms. The molecule has 0 radical (unpaired) electrons. The summed E-state index contributed by atoms with van der Waals surface area (Å²) >= 11 is 3.47. The zero-order valence-corrected chi connectivity index (χ0v) is 12.4. The topological polar surface area (TPSA) is 21.3 Å². The van der Waals surface area contributed by atoms with Crippen LogP contribution in [0.15, 0.2) is 22.7 Å². The molecular weight excluding hydrogens is 290 g/mol. The monoisotopic (exact) mass is 309 g/mol. The van der Waals surface area contributed by atoms with Gasteiger partial charge >= 0.3 is 0 Å². The highest BCUT2D eigenvalue weighted by atomic mass is 79.9. The Balaban J connectivity index is 2.51. The van der Waals surface area contributed by atoms with Gasteiger partial charge in [-0.15, -0.1) is 6.42 Å². The molecule has 1 N–H and O–H groups in total. The second-order valence-electron chi connectivity index (χ2n) is 4.13. The quantitative estimate of drug-likeness (QED) is 0.583. The SMILES string of the molecule is C#CCOc1ccc(Br)cc1CNCCCCC. The molecule has 0 aliphatic heterocycles. The van der Waals surface area contributed by atoms with Crippen LogP contribution in [0.25, 0.3) is 0 Å². The maximum absolute atomic E-state index is 5.52. The fourth-order valence-electron chi connectivity index (χ4n) is 1.67. The van der Waals surface area contributed by atoms with E-state index in [1.807, 2.05) is 12.1 Å². The summed E-state index contributed by atoms with van der Waals surface area (Å²) < 4.78 is 6.58. The molecule has 0 fully saturated rings. The second-order valence-corrected chi connectivity index (χ2v) is 5.04. The Labute approximate surface area is 118 Å². The molecule has 0 saturated heterocycles. The summed E-state index contributed by atoms with van der Waals surface area (Å²) in [5.41, 5.74) is 1.14. The van der Waals surface area contributed by atoms with Crippen LogP contribution in [-0.4, -0.2) is 13.2 Å². The second kappa shape index (κ2) is 9.02. The van der Waals surface area contributed by atoms with Gasteiger partial charge in [0.05, 0.1) is 0 Å². The van der Waals surface area contributed by atoms with Crippen LogP contribution in [0, 0.1) is 12.3 Å². The number of nitrogens with one attached hydrogen (secondary N) is 1. The van der Waals surface area contributed by atoms with E-state index >= 15 is 0 Å². The molecule has 0 heterocycles. The number of rotatable bonds is 8. The molecule has 3 heteroatoms. The van der Waals surface area contributed by atoms with E-state index in [-0.39, 0.29) is 0 Å². The molecule has 0 amide bonds. The number of unbranched alkanes of at least 4 members (excludes halogenated alkanes) is 2. The summed E-state index contributed by atoms with van der Waals surface area (Å²) in [5.74, 6) is 3.35. The number of hydrogen-bond donors (Lipinski definition) is 1. The first-order valence-electron chi connectivity index (χ1n) is 6.33. The van der Waals surface area contributed by atoms with Crippen molar-refractivity contribution in [2.24, 2.45) is 0 Å².